The van der Waals surface area contributed by atoms with Crippen molar-refractivity contribution in [3.8, 4) is 5.75 Å². The summed E-state index contributed by atoms with van der Waals surface area (Å²) in [5.74, 6) is -6.54. The van der Waals surface area contributed by atoms with E-state index in [9.17, 15) is 30.9 Å². The third kappa shape index (κ3) is 6.39. The van der Waals surface area contributed by atoms with E-state index in [2.05, 4.69) is 11.9 Å². The molecule has 11 heteroatoms. The summed E-state index contributed by atoms with van der Waals surface area (Å²) >= 11 is 0. The molecule has 0 amide bonds. The van der Waals surface area contributed by atoms with E-state index in [-0.39, 0.29) is 18.3 Å². The number of ether oxygens (including phenoxy) is 3. The number of hydrogen-bond acceptors (Lipinski definition) is 4. The molecule has 34 heavy (non-hydrogen) atoms. The Hall–Kier alpha value is -2.37. The largest absolute Gasteiger partial charge is 0.373 e. The van der Waals surface area contributed by atoms with Crippen molar-refractivity contribution < 1.29 is 50.0 Å². The fourth-order valence-corrected chi connectivity index (χ4v) is 3.65. The lowest BCUT2D eigenvalue weighted by Gasteiger charge is -2.37. The maximum atomic E-state index is 13.7. The van der Waals surface area contributed by atoms with Gasteiger partial charge in [0.15, 0.2) is 29.5 Å². The second kappa shape index (κ2) is 11.9. The summed E-state index contributed by atoms with van der Waals surface area (Å²) in [5, 5.41) is 0. The quantitative estimate of drug-likeness (QED) is 0.369. The van der Waals surface area contributed by atoms with E-state index in [1.807, 2.05) is 0 Å². The van der Waals surface area contributed by atoms with E-state index in [1.165, 1.54) is 0 Å². The highest BCUT2D eigenvalue weighted by molar-refractivity contribution is 5.27. The Morgan fingerprint density at radius 2 is 1.41 bits per heavy atom. The minimum absolute atomic E-state index is 0.124. The van der Waals surface area contributed by atoms with E-state index < -0.39 is 47.1 Å². The fourth-order valence-electron chi connectivity index (χ4n) is 3.65. The summed E-state index contributed by atoms with van der Waals surface area (Å²) in [6.45, 7) is 2.67. The molecule has 0 aliphatic carbocycles. The van der Waals surface area contributed by atoms with Crippen LogP contribution in [0.2, 0.25) is 0 Å². The molecular weight excluding hydrogens is 473 g/mol. The molecule has 2 aromatic rings. The Balaban J connectivity index is 0.000000248. The van der Waals surface area contributed by atoms with Gasteiger partial charge in [-0.05, 0) is 30.5 Å². The molecule has 2 heterocycles. The third-order valence-corrected chi connectivity index (χ3v) is 5.50. The lowest BCUT2D eigenvalue weighted by molar-refractivity contribution is -0.239. The number of rotatable bonds is 4. The molecule has 2 aliphatic heterocycles. The molecule has 4 rings (SSSR count). The molecule has 2 atom stereocenters. The molecule has 0 N–H and O–H groups in total. The van der Waals surface area contributed by atoms with Gasteiger partial charge in [-0.25, -0.2) is 26.3 Å². The molecule has 0 radical (unpaired) electrons. The van der Waals surface area contributed by atoms with Gasteiger partial charge in [0.05, 0.1) is 31.5 Å². The van der Waals surface area contributed by atoms with E-state index >= 15 is 0 Å². The third-order valence-electron chi connectivity index (χ3n) is 5.50. The monoisotopic (exact) mass is 496 g/mol. The molecular formula is C23H23F7O4. The summed E-state index contributed by atoms with van der Waals surface area (Å²) < 4.78 is 105. The average molecular weight is 496 g/mol. The van der Waals surface area contributed by atoms with Gasteiger partial charge < -0.3 is 14.2 Å². The van der Waals surface area contributed by atoms with Crippen molar-refractivity contribution in [2.75, 3.05) is 19.8 Å². The first kappa shape index (κ1) is 26.2. The van der Waals surface area contributed by atoms with Gasteiger partial charge in [-0.3, -0.25) is 4.94 Å². The molecule has 2 unspecified atom stereocenters. The number of hydrogen-bond donors (Lipinski definition) is 0. The number of alkyl halides is 1. The van der Waals surface area contributed by atoms with E-state index in [0.29, 0.717) is 49.9 Å². The topological polar surface area (TPSA) is 36.9 Å². The molecule has 2 aromatic carbocycles. The van der Waals surface area contributed by atoms with Crippen molar-refractivity contribution in [3.63, 3.8) is 0 Å². The first-order valence-corrected chi connectivity index (χ1v) is 10.5. The second-order valence-corrected chi connectivity index (χ2v) is 8.17. The lowest BCUT2D eigenvalue weighted by atomic mass is 9.93. The number of halogens is 7. The highest BCUT2D eigenvalue weighted by atomic mass is 19.3. The molecule has 2 fully saturated rings. The van der Waals surface area contributed by atoms with Gasteiger partial charge in [0, 0.05) is 28.5 Å². The second-order valence-electron chi connectivity index (χ2n) is 8.17. The first-order chi connectivity index (χ1) is 16.2. The van der Waals surface area contributed by atoms with Crippen molar-refractivity contribution >= 4 is 0 Å². The summed E-state index contributed by atoms with van der Waals surface area (Å²) in [5.41, 5.74) is -0.115. The zero-order valence-electron chi connectivity index (χ0n) is 18.1. The van der Waals surface area contributed by atoms with Crippen LogP contribution in [0.4, 0.5) is 30.9 Å². The Morgan fingerprint density at radius 1 is 0.824 bits per heavy atom. The van der Waals surface area contributed by atoms with Crippen LogP contribution in [0.3, 0.4) is 0 Å². The van der Waals surface area contributed by atoms with E-state index in [4.69, 9.17) is 14.2 Å². The smallest absolute Gasteiger partial charge is 0.194 e. The summed E-state index contributed by atoms with van der Waals surface area (Å²) in [7, 11) is 0. The van der Waals surface area contributed by atoms with Crippen molar-refractivity contribution in [2.24, 2.45) is 11.8 Å². The molecule has 0 saturated carbocycles. The highest BCUT2D eigenvalue weighted by Gasteiger charge is 2.33. The highest BCUT2D eigenvalue weighted by Crippen LogP contribution is 2.35. The zero-order valence-corrected chi connectivity index (χ0v) is 18.1. The van der Waals surface area contributed by atoms with E-state index in [0.717, 1.165) is 18.6 Å². The van der Waals surface area contributed by atoms with Gasteiger partial charge >= 0.3 is 0 Å². The Labute approximate surface area is 191 Å². The predicted octanol–water partition coefficient (Wildman–Crippen LogP) is 6.28. The van der Waals surface area contributed by atoms with Crippen molar-refractivity contribution in [2.45, 2.75) is 38.8 Å². The van der Waals surface area contributed by atoms with Crippen molar-refractivity contribution in [1.82, 2.24) is 0 Å². The van der Waals surface area contributed by atoms with Crippen LogP contribution in [0, 0.1) is 40.9 Å². The minimum atomic E-state index is -1.65. The summed E-state index contributed by atoms with van der Waals surface area (Å²) in [6, 6.07) is 3.13. The van der Waals surface area contributed by atoms with Crippen LogP contribution in [-0.4, -0.2) is 26.1 Å². The molecule has 4 nitrogen and oxygen atoms in total. The Kier molecular flexibility index (Phi) is 9.15. The Morgan fingerprint density at radius 3 is 1.88 bits per heavy atom. The van der Waals surface area contributed by atoms with Gasteiger partial charge in [-0.2, -0.15) is 0 Å². The average Bonchev–Trinajstić information content (AvgIpc) is 2.83. The van der Waals surface area contributed by atoms with Gasteiger partial charge in [0.1, 0.15) is 18.3 Å². The van der Waals surface area contributed by atoms with Gasteiger partial charge in [0.25, 0.3) is 0 Å². The predicted molar refractivity (Wildman–Crippen MR) is 105 cm³/mol. The van der Waals surface area contributed by atoms with Gasteiger partial charge in [-0.1, -0.05) is 6.92 Å². The minimum Gasteiger partial charge on any atom is -0.373 e. The first-order valence-electron chi connectivity index (χ1n) is 10.5. The molecule has 2 aliphatic rings. The molecule has 0 bridgehead atoms. The standard InChI is InChI=1S/C17H21F3O3.C6H2F4O/c1-10-7-22-17(23-8-10)11-2-3-16(21-9-11)12-4-14(19)13(6-18)15(20)5-12;7-4-1-3(11-10)2-5(8)6(4)9/h4-5,10-11,16-17H,2-3,6-9H2,1H3;1-2H. The van der Waals surface area contributed by atoms with Crippen LogP contribution in [0.5, 0.6) is 5.75 Å². The maximum Gasteiger partial charge on any atom is 0.194 e. The molecule has 0 aromatic heterocycles. The van der Waals surface area contributed by atoms with Crippen molar-refractivity contribution in [1.29, 1.82) is 0 Å². The lowest BCUT2D eigenvalue weighted by Crippen LogP contribution is -2.39. The fraction of sp³-hybridized carbons (Fsp3) is 0.478. The van der Waals surface area contributed by atoms with Gasteiger partial charge in [-0.15, -0.1) is 0 Å². The molecule has 2 saturated heterocycles. The zero-order chi connectivity index (χ0) is 24.8. The SMILES string of the molecule is CC1COC(C2CCC(c3cc(F)c(CF)c(F)c3)OC2)OC1.FOc1cc(F)c(F)c(F)c1. The van der Waals surface area contributed by atoms with Crippen LogP contribution in [0.1, 0.15) is 37.0 Å². The van der Waals surface area contributed by atoms with Crippen LogP contribution in [0.15, 0.2) is 24.3 Å². The molecule has 0 spiro atoms. The number of benzene rings is 2. The summed E-state index contributed by atoms with van der Waals surface area (Å²) in [6.07, 6.45) is 0.760. The van der Waals surface area contributed by atoms with Crippen LogP contribution in [0.25, 0.3) is 0 Å². The van der Waals surface area contributed by atoms with Crippen LogP contribution >= 0.6 is 0 Å². The maximum absolute atomic E-state index is 13.7. The molecule has 188 valence electrons. The van der Waals surface area contributed by atoms with Crippen LogP contribution < -0.4 is 4.94 Å². The van der Waals surface area contributed by atoms with Crippen molar-refractivity contribution in [3.05, 3.63) is 64.5 Å². The summed E-state index contributed by atoms with van der Waals surface area (Å²) in [4.78, 5) is 2.98. The van der Waals surface area contributed by atoms with Gasteiger partial charge in [0.2, 0.25) is 0 Å². The van der Waals surface area contributed by atoms with Crippen LogP contribution in [-0.2, 0) is 20.9 Å². The Bertz CT molecular complexity index is 912. The normalized spacial score (nSPS) is 24.8. The van der Waals surface area contributed by atoms with E-state index in [1.54, 1.807) is 0 Å².